The van der Waals surface area contributed by atoms with Gasteiger partial charge in [-0.3, -0.25) is 0 Å². The second-order valence-corrected chi connectivity index (χ2v) is 16.2. The van der Waals surface area contributed by atoms with Gasteiger partial charge in [0.25, 0.3) is 0 Å². The first-order valence-electron chi connectivity index (χ1n) is 21.5. The first-order valence-corrected chi connectivity index (χ1v) is 21.5. The van der Waals surface area contributed by atoms with Crippen molar-refractivity contribution in [3.8, 4) is 50.2 Å². The molecule has 0 radical (unpaired) electrons. The van der Waals surface area contributed by atoms with Gasteiger partial charge in [-0.15, -0.1) is 0 Å². The quantitative estimate of drug-likeness (QED) is 0.153. The van der Waals surface area contributed by atoms with Crippen molar-refractivity contribution in [2.24, 2.45) is 0 Å². The van der Waals surface area contributed by atoms with Gasteiger partial charge in [-0.1, -0.05) is 140 Å². The Morgan fingerprint density at radius 1 is 0.270 bits per heavy atom. The summed E-state index contributed by atoms with van der Waals surface area (Å²) in [5.41, 5.74) is 17.9. The van der Waals surface area contributed by atoms with Gasteiger partial charge < -0.3 is 13.9 Å². The molecule has 3 nitrogen and oxygen atoms in total. The van der Waals surface area contributed by atoms with Crippen LogP contribution in [0.3, 0.4) is 0 Å². The standard InChI is InChI=1S/C60H40N2O/c1-4-14-41(15-5-1)42-24-30-51(31-25-42)61(49-16-6-2-7-17-49)52-32-26-43(27-33-52)46-36-47(38-48(37-46)45-29-35-60-56(40-45)54-21-11-13-23-59(54)63-60)44-28-34-58-55(39-44)53-20-10-12-22-57(53)62(58)50-18-8-3-9-19-50/h1-40H. The summed E-state index contributed by atoms with van der Waals surface area (Å²) in [6, 6.07) is 87.2. The van der Waals surface area contributed by atoms with Crippen molar-refractivity contribution in [2.75, 3.05) is 4.90 Å². The van der Waals surface area contributed by atoms with Gasteiger partial charge in [0.15, 0.2) is 0 Å². The zero-order valence-corrected chi connectivity index (χ0v) is 34.4. The summed E-state index contributed by atoms with van der Waals surface area (Å²) in [4.78, 5) is 2.33. The number of nitrogens with zero attached hydrogens (tertiary/aromatic N) is 2. The summed E-state index contributed by atoms with van der Waals surface area (Å²) in [7, 11) is 0. The lowest BCUT2D eigenvalue weighted by Crippen LogP contribution is -2.09. The molecule has 10 aromatic carbocycles. The van der Waals surface area contributed by atoms with Crippen LogP contribution in [-0.4, -0.2) is 4.57 Å². The number of aromatic nitrogens is 1. The maximum atomic E-state index is 6.25. The fourth-order valence-electron chi connectivity index (χ4n) is 9.30. The molecule has 0 fully saturated rings. The smallest absolute Gasteiger partial charge is 0.135 e. The van der Waals surface area contributed by atoms with E-state index in [2.05, 4.69) is 240 Å². The van der Waals surface area contributed by atoms with Crippen LogP contribution in [0, 0.1) is 0 Å². The van der Waals surface area contributed by atoms with E-state index in [4.69, 9.17) is 4.42 Å². The van der Waals surface area contributed by atoms with Gasteiger partial charge in [-0.2, -0.15) is 0 Å². The molecule has 12 aromatic rings. The topological polar surface area (TPSA) is 21.3 Å². The fourth-order valence-corrected chi connectivity index (χ4v) is 9.30. The number of fused-ring (bicyclic) bond motifs is 6. The highest BCUT2D eigenvalue weighted by molar-refractivity contribution is 6.11. The van der Waals surface area contributed by atoms with Crippen LogP contribution in [-0.2, 0) is 0 Å². The number of hydrogen-bond donors (Lipinski definition) is 0. The molecule has 0 atom stereocenters. The van der Waals surface area contributed by atoms with E-state index in [1.807, 2.05) is 12.1 Å². The lowest BCUT2D eigenvalue weighted by Gasteiger charge is -2.26. The molecule has 3 heteroatoms. The van der Waals surface area contributed by atoms with E-state index in [1.165, 1.54) is 38.5 Å². The Balaban J connectivity index is 0.991. The summed E-state index contributed by atoms with van der Waals surface area (Å²) in [5, 5.41) is 4.71. The Morgan fingerprint density at radius 3 is 1.40 bits per heavy atom. The SMILES string of the molecule is c1ccc(-c2ccc(N(c3ccccc3)c3ccc(-c4cc(-c5ccc6oc7ccccc7c6c5)cc(-c5ccc6c(c5)c5ccccc5n6-c5ccccc5)c4)cc3)cc2)cc1. The van der Waals surface area contributed by atoms with E-state index < -0.39 is 0 Å². The molecule has 0 aliphatic heterocycles. The van der Waals surface area contributed by atoms with Crippen molar-refractivity contribution in [3.63, 3.8) is 0 Å². The van der Waals surface area contributed by atoms with Crippen LogP contribution < -0.4 is 4.90 Å². The summed E-state index contributed by atoms with van der Waals surface area (Å²) in [6.45, 7) is 0. The van der Waals surface area contributed by atoms with Crippen molar-refractivity contribution >= 4 is 60.8 Å². The molecule has 0 saturated heterocycles. The predicted octanol–water partition coefficient (Wildman–Crippen LogP) is 16.8. The Morgan fingerprint density at radius 2 is 0.714 bits per heavy atom. The van der Waals surface area contributed by atoms with Crippen LogP contribution in [0.2, 0.25) is 0 Å². The number of anilines is 3. The van der Waals surface area contributed by atoms with E-state index in [1.54, 1.807) is 0 Å². The van der Waals surface area contributed by atoms with E-state index >= 15 is 0 Å². The second-order valence-electron chi connectivity index (χ2n) is 16.2. The van der Waals surface area contributed by atoms with E-state index in [0.29, 0.717) is 0 Å². The molecule has 2 aromatic heterocycles. The average Bonchev–Trinajstić information content (AvgIpc) is 3.90. The van der Waals surface area contributed by atoms with Crippen molar-refractivity contribution in [2.45, 2.75) is 0 Å². The first kappa shape index (κ1) is 36.5. The number of hydrogen-bond acceptors (Lipinski definition) is 2. The van der Waals surface area contributed by atoms with Gasteiger partial charge in [0.1, 0.15) is 11.2 Å². The van der Waals surface area contributed by atoms with Crippen LogP contribution in [0.5, 0.6) is 0 Å². The van der Waals surface area contributed by atoms with Gasteiger partial charge in [0, 0.05) is 44.3 Å². The normalized spacial score (nSPS) is 11.5. The highest BCUT2D eigenvalue weighted by Crippen LogP contribution is 2.41. The van der Waals surface area contributed by atoms with Gasteiger partial charge >= 0.3 is 0 Å². The Hall–Kier alpha value is -8.40. The minimum atomic E-state index is 0.893. The van der Waals surface area contributed by atoms with Gasteiger partial charge in [0.2, 0.25) is 0 Å². The molecule has 0 aliphatic rings. The lowest BCUT2D eigenvalue weighted by atomic mass is 9.92. The van der Waals surface area contributed by atoms with E-state index in [0.717, 1.165) is 72.5 Å². The third-order valence-electron chi connectivity index (χ3n) is 12.4. The van der Waals surface area contributed by atoms with Crippen LogP contribution in [0.25, 0.3) is 93.9 Å². The minimum absolute atomic E-state index is 0.893. The molecule has 0 saturated carbocycles. The summed E-state index contributed by atoms with van der Waals surface area (Å²) in [6.07, 6.45) is 0. The minimum Gasteiger partial charge on any atom is -0.456 e. The maximum Gasteiger partial charge on any atom is 0.135 e. The highest BCUT2D eigenvalue weighted by Gasteiger charge is 2.17. The molecule has 296 valence electrons. The summed E-state index contributed by atoms with van der Waals surface area (Å²) in [5.74, 6) is 0. The summed E-state index contributed by atoms with van der Waals surface area (Å²) < 4.78 is 8.63. The molecule has 0 aliphatic carbocycles. The van der Waals surface area contributed by atoms with Crippen LogP contribution in [0.15, 0.2) is 247 Å². The largest absolute Gasteiger partial charge is 0.456 e. The number of benzene rings is 10. The van der Waals surface area contributed by atoms with Gasteiger partial charge in [0.05, 0.1) is 11.0 Å². The highest BCUT2D eigenvalue weighted by atomic mass is 16.3. The second kappa shape index (κ2) is 15.3. The zero-order valence-electron chi connectivity index (χ0n) is 34.4. The first-order chi connectivity index (χ1) is 31.2. The molecular weight excluding hydrogens is 765 g/mol. The third kappa shape index (κ3) is 6.55. The Labute approximate surface area is 366 Å². The molecule has 0 bridgehead atoms. The molecule has 0 N–H and O–H groups in total. The number of rotatable bonds is 8. The average molecular weight is 805 g/mol. The predicted molar refractivity (Wildman–Crippen MR) is 264 cm³/mol. The van der Waals surface area contributed by atoms with Gasteiger partial charge in [-0.25, -0.2) is 0 Å². The molecule has 12 rings (SSSR count). The lowest BCUT2D eigenvalue weighted by molar-refractivity contribution is 0.669. The molecular formula is C60H40N2O. The fraction of sp³-hybridized carbons (Fsp3) is 0. The van der Waals surface area contributed by atoms with Gasteiger partial charge in [-0.05, 0) is 148 Å². The van der Waals surface area contributed by atoms with E-state index in [-0.39, 0.29) is 0 Å². The Bertz CT molecular complexity index is 3590. The zero-order chi connectivity index (χ0) is 41.7. The monoisotopic (exact) mass is 804 g/mol. The van der Waals surface area contributed by atoms with E-state index in [9.17, 15) is 0 Å². The molecule has 0 spiro atoms. The van der Waals surface area contributed by atoms with Crippen LogP contribution in [0.1, 0.15) is 0 Å². The van der Waals surface area contributed by atoms with Crippen molar-refractivity contribution in [1.82, 2.24) is 4.57 Å². The van der Waals surface area contributed by atoms with Crippen molar-refractivity contribution in [3.05, 3.63) is 243 Å². The molecule has 63 heavy (non-hydrogen) atoms. The summed E-state index contributed by atoms with van der Waals surface area (Å²) >= 11 is 0. The third-order valence-corrected chi connectivity index (χ3v) is 12.4. The maximum absolute atomic E-state index is 6.25. The molecule has 0 unspecified atom stereocenters. The van der Waals surface area contributed by atoms with Crippen molar-refractivity contribution in [1.29, 1.82) is 0 Å². The van der Waals surface area contributed by atoms with Crippen molar-refractivity contribution < 1.29 is 4.42 Å². The van der Waals surface area contributed by atoms with Crippen LogP contribution >= 0.6 is 0 Å². The Kier molecular flexibility index (Phi) is 8.83. The molecule has 2 heterocycles. The number of furan rings is 1. The number of para-hydroxylation sites is 4. The van der Waals surface area contributed by atoms with Crippen LogP contribution in [0.4, 0.5) is 17.1 Å². The molecule has 0 amide bonds.